The van der Waals surface area contributed by atoms with Gasteiger partial charge in [0.1, 0.15) is 18.2 Å². The van der Waals surface area contributed by atoms with Crippen LogP contribution in [0, 0.1) is 6.92 Å². The Kier molecular flexibility index (Phi) is 5.04. The largest absolute Gasteiger partial charge is 0.484 e. The first-order valence-electron chi connectivity index (χ1n) is 5.58. The van der Waals surface area contributed by atoms with Gasteiger partial charge in [0.15, 0.2) is 5.82 Å². The zero-order valence-corrected chi connectivity index (χ0v) is 13.6. The highest BCUT2D eigenvalue weighted by Crippen LogP contribution is 2.34. The highest BCUT2D eigenvalue weighted by atomic mass is 79.9. The summed E-state index contributed by atoms with van der Waals surface area (Å²) in [6.07, 6.45) is 0. The maximum atomic E-state index is 6.07. The molecule has 0 spiro atoms. The minimum absolute atomic E-state index is 0.161. The van der Waals surface area contributed by atoms with Crippen LogP contribution in [0.1, 0.15) is 11.5 Å². The number of halogens is 3. The van der Waals surface area contributed by atoms with Crippen molar-refractivity contribution in [2.45, 2.75) is 13.5 Å². The Morgan fingerprint density at radius 3 is 2.70 bits per heavy atom. The molecule has 8 heteroatoms. The summed E-state index contributed by atoms with van der Waals surface area (Å²) in [4.78, 5) is 8.43. The third-order valence-corrected chi connectivity index (χ3v) is 3.87. The van der Waals surface area contributed by atoms with Gasteiger partial charge in [0.2, 0.25) is 0 Å². The molecule has 0 radical (unpaired) electrons. The van der Waals surface area contributed by atoms with Crippen LogP contribution >= 0.6 is 39.1 Å². The molecule has 0 atom stereocenters. The zero-order chi connectivity index (χ0) is 14.7. The quantitative estimate of drug-likeness (QED) is 0.482. The Morgan fingerprint density at radius 1 is 1.25 bits per heavy atom. The maximum Gasteiger partial charge on any atom is 0.168 e. The molecule has 0 bridgehead atoms. The Hall–Kier alpha value is -1.08. The van der Waals surface area contributed by atoms with Crippen molar-refractivity contribution in [3.05, 3.63) is 44.2 Å². The second-order valence-electron chi connectivity index (χ2n) is 3.94. The van der Waals surface area contributed by atoms with E-state index in [0.717, 1.165) is 5.69 Å². The molecule has 106 valence electrons. The van der Waals surface area contributed by atoms with E-state index < -0.39 is 0 Å². The van der Waals surface area contributed by atoms with E-state index in [1.165, 1.54) is 0 Å². The third kappa shape index (κ3) is 3.73. The summed E-state index contributed by atoms with van der Waals surface area (Å²) in [6, 6.07) is 5.03. The van der Waals surface area contributed by atoms with Crippen molar-refractivity contribution in [1.82, 2.24) is 9.97 Å². The van der Waals surface area contributed by atoms with Crippen LogP contribution in [0.25, 0.3) is 0 Å². The Balaban J connectivity index is 2.16. The number of hydrogen-bond donors (Lipinski definition) is 2. The predicted octanol–water partition coefficient (Wildman–Crippen LogP) is 3.72. The molecular weight excluding hydrogens is 367 g/mol. The van der Waals surface area contributed by atoms with E-state index in [-0.39, 0.29) is 6.61 Å². The molecule has 0 amide bonds. The second-order valence-corrected chi connectivity index (χ2v) is 5.61. The van der Waals surface area contributed by atoms with Gasteiger partial charge < -0.3 is 10.2 Å². The van der Waals surface area contributed by atoms with Crippen LogP contribution in [-0.2, 0) is 6.61 Å². The number of hydrazine groups is 1. The number of ether oxygens (including phenoxy) is 1. The predicted molar refractivity (Wildman–Crippen MR) is 83.1 cm³/mol. The van der Waals surface area contributed by atoms with Gasteiger partial charge in [-0.2, -0.15) is 0 Å². The molecule has 0 aliphatic carbocycles. The van der Waals surface area contributed by atoms with E-state index >= 15 is 0 Å². The molecule has 1 heterocycles. The van der Waals surface area contributed by atoms with Gasteiger partial charge in [-0.25, -0.2) is 15.8 Å². The van der Waals surface area contributed by atoms with Crippen LogP contribution in [0.15, 0.2) is 22.7 Å². The van der Waals surface area contributed by atoms with Crippen molar-refractivity contribution in [3.8, 4) is 5.75 Å². The monoisotopic (exact) mass is 376 g/mol. The van der Waals surface area contributed by atoms with Crippen molar-refractivity contribution >= 4 is 44.9 Å². The second kappa shape index (κ2) is 6.58. The van der Waals surface area contributed by atoms with Crippen LogP contribution in [0.2, 0.25) is 10.0 Å². The number of nitrogens with one attached hydrogen (secondary N) is 1. The number of hydrogen-bond acceptors (Lipinski definition) is 5. The van der Waals surface area contributed by atoms with Gasteiger partial charge in [-0.05, 0) is 28.9 Å². The summed E-state index contributed by atoms with van der Waals surface area (Å²) in [5.74, 6) is 6.81. The lowest BCUT2D eigenvalue weighted by Gasteiger charge is -2.10. The summed E-state index contributed by atoms with van der Waals surface area (Å²) in [5.41, 5.74) is 3.26. The smallest absolute Gasteiger partial charge is 0.168 e. The Morgan fingerprint density at radius 2 is 2.00 bits per heavy atom. The first-order chi connectivity index (χ1) is 9.49. The first-order valence-corrected chi connectivity index (χ1v) is 7.13. The first kappa shape index (κ1) is 15.3. The standard InChI is InChI=1S/C12H11BrCl2N4O/c1-6-2-11(19-16)18-12(17-6)5-20-10-4-8(14)7(13)3-9(10)15/h2-4H,5,16H2,1H3,(H,17,18,19). The van der Waals surface area contributed by atoms with Gasteiger partial charge in [0.25, 0.3) is 0 Å². The lowest BCUT2D eigenvalue weighted by molar-refractivity contribution is 0.296. The molecule has 3 N–H and O–H groups in total. The van der Waals surface area contributed by atoms with Gasteiger partial charge in [0, 0.05) is 22.3 Å². The van der Waals surface area contributed by atoms with Crippen LogP contribution in [0.4, 0.5) is 5.82 Å². The molecule has 0 saturated heterocycles. The molecule has 0 unspecified atom stereocenters. The van der Waals surface area contributed by atoms with Crippen molar-refractivity contribution in [2.24, 2.45) is 5.84 Å². The molecule has 2 rings (SSSR count). The van der Waals surface area contributed by atoms with Gasteiger partial charge in [-0.3, -0.25) is 0 Å². The van der Waals surface area contributed by atoms with E-state index in [0.29, 0.717) is 31.9 Å². The SMILES string of the molecule is Cc1cc(NN)nc(COc2cc(Cl)c(Br)cc2Cl)n1. The minimum atomic E-state index is 0.161. The number of aryl methyl sites for hydroxylation is 1. The molecule has 0 saturated carbocycles. The maximum absolute atomic E-state index is 6.07. The summed E-state index contributed by atoms with van der Waals surface area (Å²) in [7, 11) is 0. The molecule has 1 aromatic carbocycles. The van der Waals surface area contributed by atoms with E-state index in [1.807, 2.05) is 6.92 Å². The van der Waals surface area contributed by atoms with Crippen LogP contribution in [0.5, 0.6) is 5.75 Å². The van der Waals surface area contributed by atoms with Crippen molar-refractivity contribution in [3.63, 3.8) is 0 Å². The molecule has 1 aromatic heterocycles. The van der Waals surface area contributed by atoms with Gasteiger partial charge >= 0.3 is 0 Å². The lowest BCUT2D eigenvalue weighted by Crippen LogP contribution is -2.12. The molecule has 5 nitrogen and oxygen atoms in total. The van der Waals surface area contributed by atoms with Gasteiger partial charge in [-0.1, -0.05) is 23.2 Å². The number of rotatable bonds is 4. The van der Waals surface area contributed by atoms with E-state index in [9.17, 15) is 0 Å². The van der Waals surface area contributed by atoms with Crippen LogP contribution in [0.3, 0.4) is 0 Å². The van der Waals surface area contributed by atoms with Gasteiger partial charge in [0.05, 0.1) is 10.0 Å². The molecule has 0 fully saturated rings. The van der Waals surface area contributed by atoms with E-state index in [2.05, 4.69) is 31.3 Å². The average Bonchev–Trinajstić information content (AvgIpc) is 2.40. The number of benzene rings is 1. The van der Waals surface area contributed by atoms with Crippen molar-refractivity contribution in [1.29, 1.82) is 0 Å². The summed E-state index contributed by atoms with van der Waals surface area (Å²) < 4.78 is 6.29. The molecule has 0 aliphatic rings. The fraction of sp³-hybridized carbons (Fsp3) is 0.167. The van der Waals surface area contributed by atoms with E-state index in [1.54, 1.807) is 18.2 Å². The van der Waals surface area contributed by atoms with Gasteiger partial charge in [-0.15, -0.1) is 0 Å². The van der Waals surface area contributed by atoms with Crippen molar-refractivity contribution in [2.75, 3.05) is 5.43 Å². The Labute approximate surface area is 134 Å². The zero-order valence-electron chi connectivity index (χ0n) is 10.5. The Bertz CT molecular complexity index is 639. The number of nitrogens with zero attached hydrogens (tertiary/aromatic N) is 2. The van der Waals surface area contributed by atoms with Crippen LogP contribution < -0.4 is 16.0 Å². The normalized spacial score (nSPS) is 10.4. The van der Waals surface area contributed by atoms with Crippen LogP contribution in [-0.4, -0.2) is 9.97 Å². The summed E-state index contributed by atoms with van der Waals surface area (Å²) in [5, 5.41) is 0.963. The fourth-order valence-corrected chi connectivity index (χ4v) is 2.37. The number of nitrogens with two attached hydrogens (primary N) is 1. The number of aromatic nitrogens is 2. The lowest BCUT2D eigenvalue weighted by atomic mass is 10.3. The summed E-state index contributed by atoms with van der Waals surface area (Å²) >= 11 is 15.4. The molecule has 0 aliphatic heterocycles. The average molecular weight is 378 g/mol. The number of nitrogen functional groups attached to an aromatic ring is 1. The summed E-state index contributed by atoms with van der Waals surface area (Å²) in [6.45, 7) is 2.00. The van der Waals surface area contributed by atoms with Crippen molar-refractivity contribution < 1.29 is 4.74 Å². The topological polar surface area (TPSA) is 73.1 Å². The molecule has 20 heavy (non-hydrogen) atoms. The number of anilines is 1. The minimum Gasteiger partial charge on any atom is -0.484 e. The third-order valence-electron chi connectivity index (χ3n) is 2.38. The highest BCUT2D eigenvalue weighted by Gasteiger charge is 2.08. The molecular formula is C12H11BrCl2N4O. The fourth-order valence-electron chi connectivity index (χ4n) is 1.53. The highest BCUT2D eigenvalue weighted by molar-refractivity contribution is 9.10. The molecule has 2 aromatic rings. The van der Waals surface area contributed by atoms with E-state index in [4.69, 9.17) is 33.8 Å².